The Balaban J connectivity index is 2.32. The highest BCUT2D eigenvalue weighted by Crippen LogP contribution is 2.13. The van der Waals surface area contributed by atoms with Crippen molar-refractivity contribution in [3.8, 4) is 5.75 Å². The largest absolute Gasteiger partial charge is 0.494 e. The average Bonchev–Trinajstić information content (AvgIpc) is 2.45. The number of benzene rings is 1. The maximum Gasteiger partial charge on any atom is 0.373 e. The molecule has 1 aromatic carbocycles. The molecule has 4 heteroatoms. The number of rotatable bonds is 9. The Morgan fingerprint density at radius 3 is 2.37 bits per heavy atom. The van der Waals surface area contributed by atoms with Gasteiger partial charge < -0.3 is 4.74 Å². The van der Waals surface area contributed by atoms with E-state index in [2.05, 4.69) is 6.92 Å². The molecule has 0 aliphatic rings. The van der Waals surface area contributed by atoms with Gasteiger partial charge in [-0.15, -0.1) is 0 Å². The van der Waals surface area contributed by atoms with Gasteiger partial charge in [0.1, 0.15) is 5.75 Å². The molecule has 0 aliphatic carbocycles. The molecule has 0 spiro atoms. The molecule has 0 N–H and O–H groups in total. The minimum absolute atomic E-state index is 0.442. The Morgan fingerprint density at radius 1 is 1.00 bits per heavy atom. The number of unbranched alkanes of at least 4 members (excludes halogenated alkanes) is 2. The Kier molecular flexibility index (Phi) is 7.66. The zero-order valence-electron chi connectivity index (χ0n) is 11.7. The fraction of sp³-hybridized carbons (Fsp3) is 0.533. The first-order valence-electron chi connectivity index (χ1n) is 6.84. The first-order valence-corrected chi connectivity index (χ1v) is 6.84. The van der Waals surface area contributed by atoms with Crippen LogP contribution in [0.25, 0.3) is 0 Å². The fourth-order valence-electron chi connectivity index (χ4n) is 1.46. The van der Waals surface area contributed by atoms with E-state index < -0.39 is 5.97 Å². The molecule has 0 saturated heterocycles. The maximum atomic E-state index is 11.6. The van der Waals surface area contributed by atoms with Crippen molar-refractivity contribution in [1.82, 2.24) is 0 Å². The summed E-state index contributed by atoms with van der Waals surface area (Å²) in [6.07, 6.45) is 4.03. The summed E-state index contributed by atoms with van der Waals surface area (Å²) in [6.45, 7) is 5.26. The summed E-state index contributed by atoms with van der Waals surface area (Å²) in [4.78, 5) is 21.2. The topological polar surface area (TPSA) is 44.8 Å². The van der Waals surface area contributed by atoms with Gasteiger partial charge in [0.05, 0.1) is 18.8 Å². The van der Waals surface area contributed by atoms with Gasteiger partial charge in [-0.25, -0.2) is 4.79 Å². The van der Waals surface area contributed by atoms with Gasteiger partial charge >= 0.3 is 5.97 Å². The van der Waals surface area contributed by atoms with Gasteiger partial charge in [-0.2, -0.15) is 4.89 Å². The molecule has 0 unspecified atom stereocenters. The predicted octanol–water partition coefficient (Wildman–Crippen LogP) is 3.75. The second-order valence-electron chi connectivity index (χ2n) is 4.27. The molecule has 0 fully saturated rings. The van der Waals surface area contributed by atoms with Crippen molar-refractivity contribution in [3.05, 3.63) is 29.8 Å². The fourth-order valence-corrected chi connectivity index (χ4v) is 1.46. The Bertz CT molecular complexity index is 359. The lowest BCUT2D eigenvalue weighted by Crippen LogP contribution is -2.07. The van der Waals surface area contributed by atoms with E-state index in [1.807, 2.05) is 6.92 Å². The molecule has 0 aromatic heterocycles. The van der Waals surface area contributed by atoms with Crippen LogP contribution in [0.1, 0.15) is 49.9 Å². The van der Waals surface area contributed by atoms with Crippen LogP contribution in [0.4, 0.5) is 0 Å². The highest BCUT2D eigenvalue weighted by atomic mass is 17.2. The maximum absolute atomic E-state index is 11.6. The van der Waals surface area contributed by atoms with E-state index in [1.54, 1.807) is 24.3 Å². The summed E-state index contributed by atoms with van der Waals surface area (Å²) in [5, 5.41) is 0. The molecule has 4 nitrogen and oxygen atoms in total. The standard InChI is InChI=1S/C15H22O4/c1-3-5-6-12-18-19-15(16)13-7-9-14(10-8-13)17-11-4-2/h7-10H,3-6,11-12H2,1-2H3. The van der Waals surface area contributed by atoms with Gasteiger partial charge in [0.15, 0.2) is 0 Å². The van der Waals surface area contributed by atoms with E-state index in [4.69, 9.17) is 14.5 Å². The third kappa shape index (κ3) is 6.25. The van der Waals surface area contributed by atoms with Crippen LogP contribution in [0, 0.1) is 0 Å². The monoisotopic (exact) mass is 266 g/mol. The minimum Gasteiger partial charge on any atom is -0.494 e. The molecule has 1 aromatic rings. The van der Waals surface area contributed by atoms with Crippen molar-refractivity contribution in [1.29, 1.82) is 0 Å². The van der Waals surface area contributed by atoms with Crippen LogP contribution in [0.3, 0.4) is 0 Å². The third-order valence-electron chi connectivity index (χ3n) is 2.53. The van der Waals surface area contributed by atoms with Gasteiger partial charge in [0.2, 0.25) is 0 Å². The molecule has 0 atom stereocenters. The van der Waals surface area contributed by atoms with E-state index in [0.29, 0.717) is 18.8 Å². The number of ether oxygens (including phenoxy) is 1. The summed E-state index contributed by atoms with van der Waals surface area (Å²) >= 11 is 0. The molecule has 19 heavy (non-hydrogen) atoms. The third-order valence-corrected chi connectivity index (χ3v) is 2.53. The van der Waals surface area contributed by atoms with Crippen LogP contribution in [0.2, 0.25) is 0 Å². The van der Waals surface area contributed by atoms with Gasteiger partial charge in [-0.3, -0.25) is 4.89 Å². The van der Waals surface area contributed by atoms with Crippen molar-refractivity contribution in [3.63, 3.8) is 0 Å². The van der Waals surface area contributed by atoms with Crippen LogP contribution in [0.5, 0.6) is 5.75 Å². The lowest BCUT2D eigenvalue weighted by atomic mass is 10.2. The molecule has 0 radical (unpaired) electrons. The molecule has 0 heterocycles. The molecular weight excluding hydrogens is 244 g/mol. The van der Waals surface area contributed by atoms with Crippen LogP contribution in [-0.4, -0.2) is 19.2 Å². The molecule has 0 bridgehead atoms. The second kappa shape index (κ2) is 9.39. The number of hydrogen-bond acceptors (Lipinski definition) is 4. The van der Waals surface area contributed by atoms with Gasteiger partial charge in [0, 0.05) is 0 Å². The number of hydrogen-bond donors (Lipinski definition) is 0. The van der Waals surface area contributed by atoms with E-state index in [0.717, 1.165) is 31.4 Å². The summed E-state index contributed by atoms with van der Waals surface area (Å²) in [5.74, 6) is 0.279. The van der Waals surface area contributed by atoms with Crippen molar-refractivity contribution in [2.24, 2.45) is 0 Å². The van der Waals surface area contributed by atoms with E-state index >= 15 is 0 Å². The Labute approximate surface area is 114 Å². The van der Waals surface area contributed by atoms with Crippen molar-refractivity contribution < 1.29 is 19.3 Å². The second-order valence-corrected chi connectivity index (χ2v) is 4.27. The molecular formula is C15H22O4. The summed E-state index contributed by atoms with van der Waals surface area (Å²) < 4.78 is 5.43. The number of carbonyl (C=O) groups is 1. The molecule has 0 amide bonds. The average molecular weight is 266 g/mol. The molecule has 106 valence electrons. The van der Waals surface area contributed by atoms with Crippen LogP contribution in [-0.2, 0) is 9.78 Å². The summed E-state index contributed by atoms with van der Waals surface area (Å²) in [6, 6.07) is 6.85. The minimum atomic E-state index is -0.474. The zero-order chi connectivity index (χ0) is 13.9. The van der Waals surface area contributed by atoms with Crippen molar-refractivity contribution >= 4 is 5.97 Å². The van der Waals surface area contributed by atoms with E-state index in [9.17, 15) is 4.79 Å². The lowest BCUT2D eigenvalue weighted by molar-refractivity contribution is -0.241. The van der Waals surface area contributed by atoms with Crippen molar-refractivity contribution in [2.75, 3.05) is 13.2 Å². The Morgan fingerprint density at radius 2 is 1.74 bits per heavy atom. The highest BCUT2D eigenvalue weighted by Gasteiger charge is 2.08. The van der Waals surface area contributed by atoms with E-state index in [1.165, 1.54) is 0 Å². The quantitative estimate of drug-likeness (QED) is 0.388. The highest BCUT2D eigenvalue weighted by molar-refractivity contribution is 5.89. The van der Waals surface area contributed by atoms with Gasteiger partial charge in [0.25, 0.3) is 0 Å². The van der Waals surface area contributed by atoms with Crippen LogP contribution >= 0.6 is 0 Å². The molecule has 1 rings (SSSR count). The zero-order valence-corrected chi connectivity index (χ0v) is 11.7. The summed E-state index contributed by atoms with van der Waals surface area (Å²) in [5.41, 5.74) is 0.458. The first-order chi connectivity index (χ1) is 9.27. The normalized spacial score (nSPS) is 10.2. The lowest BCUT2D eigenvalue weighted by Gasteiger charge is -2.06. The smallest absolute Gasteiger partial charge is 0.373 e. The summed E-state index contributed by atoms with van der Waals surface area (Å²) in [7, 11) is 0. The van der Waals surface area contributed by atoms with Crippen LogP contribution in [0.15, 0.2) is 24.3 Å². The Hall–Kier alpha value is -1.55. The van der Waals surface area contributed by atoms with Gasteiger partial charge in [-0.05, 0) is 37.1 Å². The van der Waals surface area contributed by atoms with E-state index in [-0.39, 0.29) is 0 Å². The SMILES string of the molecule is CCCCCOOC(=O)c1ccc(OCCC)cc1. The molecule has 0 aliphatic heterocycles. The molecule has 0 saturated carbocycles. The van der Waals surface area contributed by atoms with Gasteiger partial charge in [-0.1, -0.05) is 26.7 Å². The number of carbonyl (C=O) groups excluding carboxylic acids is 1. The van der Waals surface area contributed by atoms with Crippen molar-refractivity contribution in [2.45, 2.75) is 39.5 Å². The van der Waals surface area contributed by atoms with Crippen LogP contribution < -0.4 is 4.74 Å². The first kappa shape index (κ1) is 15.5. The predicted molar refractivity (Wildman–Crippen MR) is 73.1 cm³/mol.